The van der Waals surface area contributed by atoms with Crippen molar-refractivity contribution in [3.05, 3.63) is 47.1 Å². The minimum Gasteiger partial charge on any atom is -0.352 e. The average molecular weight is 341 g/mol. The van der Waals surface area contributed by atoms with Gasteiger partial charge < -0.3 is 16.0 Å². The van der Waals surface area contributed by atoms with Crippen LogP contribution in [-0.4, -0.2) is 38.2 Å². The van der Waals surface area contributed by atoms with Gasteiger partial charge in [0.2, 0.25) is 5.95 Å². The highest BCUT2D eigenvalue weighted by Gasteiger charge is 2.09. The molecule has 0 aliphatic carbocycles. The summed E-state index contributed by atoms with van der Waals surface area (Å²) in [6.45, 7) is 0.916. The molecule has 9 nitrogen and oxygen atoms in total. The maximum atomic E-state index is 12.0. The Morgan fingerprint density at radius 2 is 1.80 bits per heavy atom. The second kappa shape index (κ2) is 7.04. The molecule has 3 aromatic rings. The molecular weight excluding hydrogens is 322 g/mol. The van der Waals surface area contributed by atoms with Gasteiger partial charge in [-0.1, -0.05) is 0 Å². The molecule has 25 heavy (non-hydrogen) atoms. The third kappa shape index (κ3) is 3.60. The first-order chi connectivity index (χ1) is 12.1. The van der Waals surface area contributed by atoms with E-state index in [1.165, 1.54) is 0 Å². The van der Waals surface area contributed by atoms with Crippen molar-refractivity contribution in [3.63, 3.8) is 0 Å². The summed E-state index contributed by atoms with van der Waals surface area (Å²) in [5, 5.41) is 8.49. The summed E-state index contributed by atoms with van der Waals surface area (Å²) in [4.78, 5) is 31.9. The van der Waals surface area contributed by atoms with Crippen LogP contribution in [0.4, 0.5) is 16.4 Å². The molecule has 2 aromatic heterocycles. The number of nitrogens with one attached hydrogen (secondary N) is 3. The maximum Gasteiger partial charge on any atom is 0.328 e. The molecule has 0 radical (unpaired) electrons. The highest BCUT2D eigenvalue weighted by atomic mass is 16.2. The third-order valence-corrected chi connectivity index (χ3v) is 3.79. The van der Waals surface area contributed by atoms with E-state index in [1.54, 1.807) is 59.9 Å². The van der Waals surface area contributed by atoms with Crippen molar-refractivity contribution in [3.8, 4) is 0 Å². The highest BCUT2D eigenvalue weighted by Crippen LogP contribution is 2.17. The first-order valence-corrected chi connectivity index (χ1v) is 7.77. The molecule has 0 atom stereocenters. The minimum absolute atomic E-state index is 0.106. The predicted molar refractivity (Wildman–Crippen MR) is 95.7 cm³/mol. The van der Waals surface area contributed by atoms with Gasteiger partial charge in [-0.3, -0.25) is 9.13 Å². The summed E-state index contributed by atoms with van der Waals surface area (Å²) in [6, 6.07) is 6.75. The number of amides is 2. The molecule has 2 heterocycles. The van der Waals surface area contributed by atoms with Gasteiger partial charge in [0.25, 0.3) is 0 Å². The van der Waals surface area contributed by atoms with E-state index in [0.29, 0.717) is 24.7 Å². The van der Waals surface area contributed by atoms with Crippen LogP contribution in [-0.2, 0) is 14.1 Å². The molecule has 0 fully saturated rings. The van der Waals surface area contributed by atoms with Crippen LogP contribution in [0.15, 0.2) is 41.5 Å². The summed E-state index contributed by atoms with van der Waals surface area (Å²) in [6.07, 6.45) is 3.28. The van der Waals surface area contributed by atoms with Gasteiger partial charge in [0.05, 0.1) is 11.0 Å². The minimum atomic E-state index is -0.323. The Kier molecular flexibility index (Phi) is 4.64. The number of rotatable bonds is 5. The Morgan fingerprint density at radius 3 is 2.56 bits per heavy atom. The smallest absolute Gasteiger partial charge is 0.328 e. The van der Waals surface area contributed by atoms with Crippen molar-refractivity contribution >= 4 is 28.7 Å². The van der Waals surface area contributed by atoms with Crippen LogP contribution >= 0.6 is 0 Å². The van der Waals surface area contributed by atoms with Crippen molar-refractivity contribution in [1.82, 2.24) is 24.4 Å². The fourth-order valence-corrected chi connectivity index (χ4v) is 2.50. The molecule has 0 saturated carbocycles. The molecule has 0 bridgehead atoms. The second-order valence-corrected chi connectivity index (χ2v) is 5.48. The van der Waals surface area contributed by atoms with E-state index in [-0.39, 0.29) is 11.7 Å². The molecular formula is C16H19N7O2. The monoisotopic (exact) mass is 341 g/mol. The van der Waals surface area contributed by atoms with Gasteiger partial charge in [-0.25, -0.2) is 19.6 Å². The largest absolute Gasteiger partial charge is 0.352 e. The molecule has 130 valence electrons. The summed E-state index contributed by atoms with van der Waals surface area (Å²) >= 11 is 0. The van der Waals surface area contributed by atoms with Gasteiger partial charge in [-0.2, -0.15) is 0 Å². The lowest BCUT2D eigenvalue weighted by atomic mass is 10.2. The summed E-state index contributed by atoms with van der Waals surface area (Å²) < 4.78 is 3.11. The molecule has 9 heteroatoms. The second-order valence-electron chi connectivity index (χ2n) is 5.48. The Balaban J connectivity index is 1.55. The number of urea groups is 1. The van der Waals surface area contributed by atoms with E-state index >= 15 is 0 Å². The molecule has 3 N–H and O–H groups in total. The van der Waals surface area contributed by atoms with Crippen LogP contribution in [0, 0.1) is 0 Å². The van der Waals surface area contributed by atoms with Gasteiger partial charge in [-0.15, -0.1) is 0 Å². The van der Waals surface area contributed by atoms with Gasteiger partial charge in [0.1, 0.15) is 0 Å². The fourth-order valence-electron chi connectivity index (χ4n) is 2.50. The first-order valence-electron chi connectivity index (χ1n) is 7.77. The van der Waals surface area contributed by atoms with E-state index in [1.807, 2.05) is 0 Å². The molecule has 0 spiro atoms. The first kappa shape index (κ1) is 16.5. The van der Waals surface area contributed by atoms with Gasteiger partial charge in [0.15, 0.2) is 0 Å². The van der Waals surface area contributed by atoms with Crippen LogP contribution in [0.5, 0.6) is 0 Å². The lowest BCUT2D eigenvalue weighted by Crippen LogP contribution is -2.32. The number of carbonyl (C=O) groups is 1. The number of nitrogens with zero attached hydrogens (tertiary/aromatic N) is 4. The Hall–Kier alpha value is -3.36. The average Bonchev–Trinajstić information content (AvgIpc) is 2.84. The topological polar surface area (TPSA) is 106 Å². The summed E-state index contributed by atoms with van der Waals surface area (Å²) in [5.74, 6) is 0.514. The number of hydrogen-bond acceptors (Lipinski definition) is 5. The van der Waals surface area contributed by atoms with Crippen molar-refractivity contribution < 1.29 is 4.79 Å². The van der Waals surface area contributed by atoms with Crippen LogP contribution in [0.2, 0.25) is 0 Å². The zero-order chi connectivity index (χ0) is 17.8. The molecule has 1 aromatic carbocycles. The summed E-state index contributed by atoms with van der Waals surface area (Å²) in [7, 11) is 3.42. The number of carbonyl (C=O) groups excluding carboxylic acids is 1. The number of aromatic nitrogens is 4. The number of benzene rings is 1. The van der Waals surface area contributed by atoms with Crippen LogP contribution in [0.1, 0.15) is 0 Å². The zero-order valence-electron chi connectivity index (χ0n) is 14.0. The molecule has 0 unspecified atom stereocenters. The number of imidazole rings is 1. The van der Waals surface area contributed by atoms with E-state index in [9.17, 15) is 9.59 Å². The normalized spacial score (nSPS) is 10.6. The van der Waals surface area contributed by atoms with Gasteiger partial charge in [0, 0.05) is 45.3 Å². The van der Waals surface area contributed by atoms with Gasteiger partial charge in [-0.05, 0) is 24.3 Å². The molecule has 2 amide bonds. The SMILES string of the molecule is Cn1c(=O)n(C)c2cc(NC(=O)NCCNc3ncccn3)ccc21. The third-order valence-electron chi connectivity index (χ3n) is 3.79. The molecule has 0 aliphatic rings. The Morgan fingerprint density at radius 1 is 1.08 bits per heavy atom. The van der Waals surface area contributed by atoms with E-state index < -0.39 is 0 Å². The van der Waals surface area contributed by atoms with Crippen LogP contribution in [0.25, 0.3) is 11.0 Å². The quantitative estimate of drug-likeness (QED) is 0.598. The van der Waals surface area contributed by atoms with E-state index in [4.69, 9.17) is 0 Å². The van der Waals surface area contributed by atoms with Crippen molar-refractivity contribution in [1.29, 1.82) is 0 Å². The van der Waals surface area contributed by atoms with Crippen LogP contribution < -0.4 is 21.6 Å². The molecule has 0 aliphatic heterocycles. The Bertz CT molecular complexity index is 946. The van der Waals surface area contributed by atoms with Crippen molar-refractivity contribution in [2.75, 3.05) is 23.7 Å². The fraction of sp³-hybridized carbons (Fsp3) is 0.250. The van der Waals surface area contributed by atoms with E-state index in [0.717, 1.165) is 11.0 Å². The van der Waals surface area contributed by atoms with Gasteiger partial charge >= 0.3 is 11.7 Å². The Labute approximate surface area is 143 Å². The van der Waals surface area contributed by atoms with E-state index in [2.05, 4.69) is 25.9 Å². The zero-order valence-corrected chi connectivity index (χ0v) is 14.0. The standard InChI is InChI=1S/C16H19N7O2/c1-22-12-5-4-11(10-13(12)23(2)16(22)25)21-15(24)20-9-8-19-14-17-6-3-7-18-14/h3-7,10H,8-9H2,1-2H3,(H,17,18,19)(H2,20,21,24). The molecule has 0 saturated heterocycles. The summed E-state index contributed by atoms with van der Waals surface area (Å²) in [5.41, 5.74) is 2.08. The van der Waals surface area contributed by atoms with Crippen molar-refractivity contribution in [2.45, 2.75) is 0 Å². The lowest BCUT2D eigenvalue weighted by Gasteiger charge is -2.09. The number of fused-ring (bicyclic) bond motifs is 1. The lowest BCUT2D eigenvalue weighted by molar-refractivity contribution is 0.252. The number of hydrogen-bond donors (Lipinski definition) is 3. The maximum absolute atomic E-state index is 12.0. The molecule has 3 rings (SSSR count). The predicted octanol–water partition coefficient (Wildman–Crippen LogP) is 0.901. The number of aryl methyl sites for hydroxylation is 2. The van der Waals surface area contributed by atoms with Crippen LogP contribution in [0.3, 0.4) is 0 Å². The highest BCUT2D eigenvalue weighted by molar-refractivity contribution is 5.92. The van der Waals surface area contributed by atoms with Crippen molar-refractivity contribution in [2.24, 2.45) is 14.1 Å². The number of anilines is 2.